The number of carbonyl (C=O) groups excluding carboxylic acids is 1. The summed E-state index contributed by atoms with van der Waals surface area (Å²) in [7, 11) is 0. The SMILES string of the molecule is CSC1(CNC(=O)COC2CCNCC2)CCCCC1. The fourth-order valence-electron chi connectivity index (χ4n) is 3.12. The Morgan fingerprint density at radius 1 is 1.30 bits per heavy atom. The summed E-state index contributed by atoms with van der Waals surface area (Å²) in [6.07, 6.45) is 10.8. The molecule has 2 N–H and O–H groups in total. The molecule has 1 saturated heterocycles. The van der Waals surface area contributed by atoms with E-state index in [4.69, 9.17) is 4.74 Å². The van der Waals surface area contributed by atoms with Gasteiger partial charge < -0.3 is 15.4 Å². The van der Waals surface area contributed by atoms with Gasteiger partial charge in [0.15, 0.2) is 0 Å². The van der Waals surface area contributed by atoms with Crippen molar-refractivity contribution in [3.05, 3.63) is 0 Å². The lowest BCUT2D eigenvalue weighted by atomic mass is 9.88. The maximum absolute atomic E-state index is 11.9. The number of carbonyl (C=O) groups is 1. The van der Waals surface area contributed by atoms with Crippen molar-refractivity contribution in [3.8, 4) is 0 Å². The van der Waals surface area contributed by atoms with Gasteiger partial charge in [0.05, 0.1) is 6.10 Å². The number of hydrogen-bond acceptors (Lipinski definition) is 4. The number of piperidine rings is 1. The Kier molecular flexibility index (Phi) is 6.65. The molecular formula is C15H28N2O2S. The Morgan fingerprint density at radius 2 is 2.00 bits per heavy atom. The highest BCUT2D eigenvalue weighted by Crippen LogP contribution is 2.37. The molecule has 1 aliphatic carbocycles. The topological polar surface area (TPSA) is 50.4 Å². The first kappa shape index (κ1) is 16.1. The van der Waals surface area contributed by atoms with Crippen LogP contribution in [-0.2, 0) is 9.53 Å². The van der Waals surface area contributed by atoms with Crippen LogP contribution in [0, 0.1) is 0 Å². The van der Waals surface area contributed by atoms with E-state index < -0.39 is 0 Å². The van der Waals surface area contributed by atoms with E-state index in [-0.39, 0.29) is 23.4 Å². The zero-order valence-corrected chi connectivity index (χ0v) is 13.4. The van der Waals surface area contributed by atoms with E-state index in [1.807, 2.05) is 11.8 Å². The van der Waals surface area contributed by atoms with Gasteiger partial charge in [-0.2, -0.15) is 11.8 Å². The second-order valence-corrected chi connectivity index (χ2v) is 7.26. The molecule has 1 aliphatic heterocycles. The summed E-state index contributed by atoms with van der Waals surface area (Å²) in [5, 5.41) is 6.38. The Labute approximate surface area is 126 Å². The highest BCUT2D eigenvalue weighted by molar-refractivity contribution is 8.00. The minimum absolute atomic E-state index is 0.0440. The molecule has 0 radical (unpaired) electrons. The zero-order valence-electron chi connectivity index (χ0n) is 12.6. The largest absolute Gasteiger partial charge is 0.368 e. The maximum Gasteiger partial charge on any atom is 0.246 e. The van der Waals surface area contributed by atoms with Crippen molar-refractivity contribution in [2.24, 2.45) is 0 Å². The lowest BCUT2D eigenvalue weighted by Gasteiger charge is -2.35. The van der Waals surface area contributed by atoms with E-state index in [0.29, 0.717) is 0 Å². The van der Waals surface area contributed by atoms with Crippen LogP contribution in [0.1, 0.15) is 44.9 Å². The Bertz CT molecular complexity index is 300. The molecule has 5 heteroatoms. The van der Waals surface area contributed by atoms with Crippen LogP contribution in [0.25, 0.3) is 0 Å². The molecule has 0 spiro atoms. The monoisotopic (exact) mass is 300 g/mol. The average Bonchev–Trinajstić information content (AvgIpc) is 2.53. The van der Waals surface area contributed by atoms with Crippen LogP contribution >= 0.6 is 11.8 Å². The van der Waals surface area contributed by atoms with E-state index in [2.05, 4.69) is 16.9 Å². The first-order valence-corrected chi connectivity index (χ1v) is 9.11. The first-order valence-electron chi connectivity index (χ1n) is 7.88. The molecule has 116 valence electrons. The highest BCUT2D eigenvalue weighted by Gasteiger charge is 2.31. The van der Waals surface area contributed by atoms with Crippen LogP contribution in [-0.4, -0.2) is 49.3 Å². The molecule has 4 nitrogen and oxygen atoms in total. The summed E-state index contributed by atoms with van der Waals surface area (Å²) in [5.74, 6) is 0.0440. The van der Waals surface area contributed by atoms with E-state index in [9.17, 15) is 4.79 Å². The van der Waals surface area contributed by atoms with E-state index in [0.717, 1.165) is 32.5 Å². The normalized spacial score (nSPS) is 23.4. The molecule has 0 unspecified atom stereocenters. The lowest BCUT2D eigenvalue weighted by Crippen LogP contribution is -2.43. The van der Waals surface area contributed by atoms with E-state index in [1.165, 1.54) is 32.1 Å². The van der Waals surface area contributed by atoms with Crippen LogP contribution in [0.3, 0.4) is 0 Å². The molecule has 1 amide bonds. The predicted molar refractivity (Wildman–Crippen MR) is 84.2 cm³/mol. The summed E-state index contributed by atoms with van der Waals surface area (Å²) in [4.78, 5) is 11.9. The van der Waals surface area contributed by atoms with Crippen molar-refractivity contribution in [3.63, 3.8) is 0 Å². The molecule has 0 atom stereocenters. The van der Waals surface area contributed by atoms with Crippen molar-refractivity contribution in [2.45, 2.75) is 55.8 Å². The van der Waals surface area contributed by atoms with Crippen LogP contribution in [0.5, 0.6) is 0 Å². The van der Waals surface area contributed by atoms with Crippen molar-refractivity contribution in [2.75, 3.05) is 32.5 Å². The van der Waals surface area contributed by atoms with Gasteiger partial charge in [-0.3, -0.25) is 4.79 Å². The minimum Gasteiger partial charge on any atom is -0.368 e. The lowest BCUT2D eigenvalue weighted by molar-refractivity contribution is -0.128. The van der Waals surface area contributed by atoms with Gasteiger partial charge in [-0.15, -0.1) is 0 Å². The fourth-order valence-corrected chi connectivity index (χ4v) is 4.03. The molecule has 2 fully saturated rings. The van der Waals surface area contributed by atoms with Crippen molar-refractivity contribution in [1.82, 2.24) is 10.6 Å². The van der Waals surface area contributed by atoms with Crippen molar-refractivity contribution < 1.29 is 9.53 Å². The third kappa shape index (κ3) is 4.93. The molecular weight excluding hydrogens is 272 g/mol. The van der Waals surface area contributed by atoms with Gasteiger partial charge in [0.25, 0.3) is 0 Å². The Morgan fingerprint density at radius 3 is 2.65 bits per heavy atom. The van der Waals surface area contributed by atoms with E-state index >= 15 is 0 Å². The summed E-state index contributed by atoms with van der Waals surface area (Å²) < 4.78 is 5.96. The molecule has 1 saturated carbocycles. The first-order chi connectivity index (χ1) is 9.74. The molecule has 2 rings (SSSR count). The van der Waals surface area contributed by atoms with Gasteiger partial charge in [-0.25, -0.2) is 0 Å². The average molecular weight is 300 g/mol. The number of amides is 1. The number of nitrogens with one attached hydrogen (secondary N) is 2. The van der Waals surface area contributed by atoms with Crippen LogP contribution in [0.15, 0.2) is 0 Å². The summed E-state index contributed by atoms with van der Waals surface area (Å²) in [6.45, 7) is 3.02. The minimum atomic E-state index is 0.0440. The number of thioether (sulfide) groups is 1. The fraction of sp³-hybridized carbons (Fsp3) is 0.933. The van der Waals surface area contributed by atoms with Gasteiger partial charge in [0.1, 0.15) is 6.61 Å². The van der Waals surface area contributed by atoms with Crippen LogP contribution < -0.4 is 10.6 Å². The van der Waals surface area contributed by atoms with Gasteiger partial charge >= 0.3 is 0 Å². The summed E-state index contributed by atoms with van der Waals surface area (Å²) in [5.41, 5.74) is 0. The highest BCUT2D eigenvalue weighted by atomic mass is 32.2. The molecule has 20 heavy (non-hydrogen) atoms. The summed E-state index contributed by atoms with van der Waals surface area (Å²) >= 11 is 1.92. The zero-order chi connectivity index (χ0) is 14.3. The molecule has 2 aliphatic rings. The molecule has 0 bridgehead atoms. The quantitative estimate of drug-likeness (QED) is 0.787. The van der Waals surface area contributed by atoms with Gasteiger partial charge in [0.2, 0.25) is 5.91 Å². The van der Waals surface area contributed by atoms with Crippen LogP contribution in [0.2, 0.25) is 0 Å². The van der Waals surface area contributed by atoms with Gasteiger partial charge in [0, 0.05) is 11.3 Å². The maximum atomic E-state index is 11.9. The number of rotatable bonds is 6. The van der Waals surface area contributed by atoms with Crippen LogP contribution in [0.4, 0.5) is 0 Å². The van der Waals surface area contributed by atoms with Gasteiger partial charge in [-0.1, -0.05) is 19.3 Å². The van der Waals surface area contributed by atoms with E-state index in [1.54, 1.807) is 0 Å². The molecule has 1 heterocycles. The number of hydrogen-bond donors (Lipinski definition) is 2. The second kappa shape index (κ2) is 8.25. The molecule has 0 aromatic carbocycles. The third-order valence-corrected chi connectivity index (χ3v) is 5.96. The smallest absolute Gasteiger partial charge is 0.246 e. The van der Waals surface area contributed by atoms with Gasteiger partial charge in [-0.05, 0) is 45.0 Å². The van der Waals surface area contributed by atoms with Crippen molar-refractivity contribution in [1.29, 1.82) is 0 Å². The predicted octanol–water partition coefficient (Wildman–Crippen LogP) is 1.94. The third-order valence-electron chi connectivity index (χ3n) is 4.54. The van der Waals surface area contributed by atoms with Crippen molar-refractivity contribution >= 4 is 17.7 Å². The Hall–Kier alpha value is -0.260. The number of ether oxygens (including phenoxy) is 1. The molecule has 0 aromatic heterocycles. The standard InChI is InChI=1S/C15H28N2O2S/c1-20-15(7-3-2-4-8-15)12-17-14(18)11-19-13-5-9-16-10-6-13/h13,16H,2-12H2,1H3,(H,17,18). The Balaban J connectivity index is 1.65. The second-order valence-electron chi connectivity index (χ2n) is 5.98. The summed E-state index contributed by atoms with van der Waals surface area (Å²) in [6, 6.07) is 0. The molecule has 0 aromatic rings.